The molecule has 4 aliphatic rings. The van der Waals surface area contributed by atoms with Gasteiger partial charge < -0.3 is 20.0 Å². The number of aliphatic carboxylic acids is 2. The van der Waals surface area contributed by atoms with Gasteiger partial charge in [-0.3, -0.25) is 19.3 Å². The number of aromatic nitrogens is 6. The van der Waals surface area contributed by atoms with Gasteiger partial charge in [0.2, 0.25) is 0 Å². The number of rotatable bonds is 6. The molecule has 48 heavy (non-hydrogen) atoms. The minimum atomic E-state index is -1.26. The molecule has 0 aliphatic carbocycles. The molecule has 4 aromatic rings. The molecular weight excluding hydrogens is 608 g/mol. The lowest BCUT2D eigenvalue weighted by molar-refractivity contribution is -0.134. The van der Waals surface area contributed by atoms with Crippen molar-refractivity contribution in [3.05, 3.63) is 84.7 Å². The van der Waals surface area contributed by atoms with E-state index in [1.807, 2.05) is 48.2 Å². The Bertz CT molecular complexity index is 1610. The van der Waals surface area contributed by atoms with Gasteiger partial charge in [0.25, 0.3) is 0 Å². The van der Waals surface area contributed by atoms with Gasteiger partial charge in [0, 0.05) is 86.1 Å². The van der Waals surface area contributed by atoms with E-state index in [2.05, 4.69) is 66.6 Å². The van der Waals surface area contributed by atoms with Gasteiger partial charge in [-0.25, -0.2) is 9.59 Å². The summed E-state index contributed by atoms with van der Waals surface area (Å²) in [6, 6.07) is 8.87. The zero-order valence-electron chi connectivity index (χ0n) is 27.7. The Morgan fingerprint density at radius 2 is 1.08 bits per heavy atom. The molecule has 252 valence electrons. The van der Waals surface area contributed by atoms with Gasteiger partial charge in [0.15, 0.2) is 0 Å². The lowest BCUT2D eigenvalue weighted by atomic mass is 9.75. The molecule has 4 aliphatic heterocycles. The van der Waals surface area contributed by atoms with Gasteiger partial charge in [0.1, 0.15) is 0 Å². The molecule has 4 atom stereocenters. The molecule has 4 bridgehead atoms. The van der Waals surface area contributed by atoms with Gasteiger partial charge in [-0.2, -0.15) is 10.2 Å². The van der Waals surface area contributed by atoms with Crippen molar-refractivity contribution in [2.45, 2.75) is 49.4 Å². The van der Waals surface area contributed by atoms with E-state index in [1.165, 1.54) is 88.9 Å². The molecule has 0 aromatic carbocycles. The lowest BCUT2D eigenvalue weighted by Gasteiger charge is -2.34. The maximum absolute atomic E-state index is 9.55. The molecule has 0 spiro atoms. The standard InChI is InChI=1S/2C16H20N4.C4H4O4/c2*1-19-11-13(9-18-19)15-4-3-14(10-17-15)16-5-2-7-20(12-16)8-6-16;5-3(6)1-2-4(7)8/h2*3-4,9-11H,2,5-8,12H2,1H3;1-2H,(H,5,6)(H,7,8)/b;;2-1+. The third-order valence-electron chi connectivity index (χ3n) is 10.2. The second-order valence-corrected chi connectivity index (χ2v) is 13.5. The number of pyridine rings is 2. The zero-order chi connectivity index (χ0) is 33.7. The summed E-state index contributed by atoms with van der Waals surface area (Å²) in [6.45, 7) is 7.52. The van der Waals surface area contributed by atoms with Gasteiger partial charge in [-0.1, -0.05) is 12.1 Å². The van der Waals surface area contributed by atoms with Crippen molar-refractivity contribution in [1.82, 2.24) is 39.3 Å². The average molecular weight is 653 g/mol. The highest BCUT2D eigenvalue weighted by atomic mass is 16.4. The van der Waals surface area contributed by atoms with Crippen molar-refractivity contribution in [3.63, 3.8) is 0 Å². The van der Waals surface area contributed by atoms with Crippen molar-refractivity contribution in [2.75, 3.05) is 39.3 Å². The van der Waals surface area contributed by atoms with Crippen molar-refractivity contribution in [1.29, 1.82) is 0 Å². The predicted molar refractivity (Wildman–Crippen MR) is 181 cm³/mol. The summed E-state index contributed by atoms with van der Waals surface area (Å²) >= 11 is 0. The maximum Gasteiger partial charge on any atom is 0.328 e. The van der Waals surface area contributed by atoms with Crippen molar-refractivity contribution in [2.24, 2.45) is 14.1 Å². The van der Waals surface area contributed by atoms with E-state index in [1.54, 1.807) is 0 Å². The molecule has 2 N–H and O–H groups in total. The summed E-state index contributed by atoms with van der Waals surface area (Å²) in [4.78, 5) is 33.7. The second-order valence-electron chi connectivity index (χ2n) is 13.5. The SMILES string of the molecule is Cn1cc(-c2ccc(C34CCCN(CC3)C4)cn2)cn1.Cn1cc(-c2ccc(C34CCCN(CC3)C4)cn2)cn1.O=C(O)/C=C/C(=O)O. The van der Waals surface area contributed by atoms with Gasteiger partial charge >= 0.3 is 11.9 Å². The van der Waals surface area contributed by atoms with Crippen LogP contribution in [0.5, 0.6) is 0 Å². The Hall–Kier alpha value is -4.68. The number of carbonyl (C=O) groups is 2. The monoisotopic (exact) mass is 652 g/mol. The molecule has 4 aromatic heterocycles. The van der Waals surface area contributed by atoms with Gasteiger partial charge in [0.05, 0.1) is 23.8 Å². The molecule has 0 amide bonds. The van der Waals surface area contributed by atoms with Gasteiger partial charge in [-0.05, 0) is 88.0 Å². The van der Waals surface area contributed by atoms with Crippen molar-refractivity contribution < 1.29 is 19.8 Å². The molecule has 8 heterocycles. The third kappa shape index (κ3) is 7.55. The second kappa shape index (κ2) is 14.2. The highest BCUT2D eigenvalue weighted by molar-refractivity contribution is 5.89. The topological polar surface area (TPSA) is 142 Å². The number of carboxylic acids is 2. The largest absolute Gasteiger partial charge is 0.478 e. The molecule has 4 saturated heterocycles. The lowest BCUT2D eigenvalue weighted by Crippen LogP contribution is -2.36. The van der Waals surface area contributed by atoms with E-state index in [4.69, 9.17) is 10.2 Å². The van der Waals surface area contributed by atoms with Crippen LogP contribution in [0.25, 0.3) is 22.5 Å². The predicted octanol–water partition coefficient (Wildman–Crippen LogP) is 4.15. The molecule has 0 saturated carbocycles. The quantitative estimate of drug-likeness (QED) is 0.292. The molecule has 12 nitrogen and oxygen atoms in total. The van der Waals surface area contributed by atoms with E-state index in [-0.39, 0.29) is 0 Å². The Morgan fingerprint density at radius 3 is 1.42 bits per heavy atom. The average Bonchev–Trinajstić information content (AvgIpc) is 3.87. The van der Waals surface area contributed by atoms with E-state index in [9.17, 15) is 9.59 Å². The summed E-state index contributed by atoms with van der Waals surface area (Å²) in [7, 11) is 3.87. The first-order valence-corrected chi connectivity index (χ1v) is 16.6. The summed E-state index contributed by atoms with van der Waals surface area (Å²) in [5, 5.41) is 24.0. The van der Waals surface area contributed by atoms with Crippen LogP contribution in [0.2, 0.25) is 0 Å². The maximum atomic E-state index is 9.55. The van der Waals surface area contributed by atoms with Crippen LogP contribution in [0.1, 0.15) is 49.7 Å². The van der Waals surface area contributed by atoms with E-state index >= 15 is 0 Å². The first-order chi connectivity index (χ1) is 23.1. The minimum Gasteiger partial charge on any atom is -0.478 e. The Balaban J connectivity index is 0.000000138. The fraction of sp³-hybridized carbons (Fsp3) is 0.444. The summed E-state index contributed by atoms with van der Waals surface area (Å²) in [5.74, 6) is -2.51. The van der Waals surface area contributed by atoms with Crippen molar-refractivity contribution >= 4 is 11.9 Å². The molecule has 4 fully saturated rings. The molecular formula is C36H44N8O4. The minimum absolute atomic E-state index is 0.374. The van der Waals surface area contributed by atoms with Crippen LogP contribution in [-0.4, -0.2) is 101 Å². The van der Waals surface area contributed by atoms with Gasteiger partial charge in [-0.15, -0.1) is 0 Å². The third-order valence-corrected chi connectivity index (χ3v) is 10.2. The molecule has 0 radical (unpaired) electrons. The Labute approximate surface area is 280 Å². The van der Waals surface area contributed by atoms with Crippen LogP contribution in [0.4, 0.5) is 0 Å². The van der Waals surface area contributed by atoms with Crippen LogP contribution in [0, 0.1) is 0 Å². The number of nitrogens with zero attached hydrogens (tertiary/aromatic N) is 8. The van der Waals surface area contributed by atoms with Crippen molar-refractivity contribution in [3.8, 4) is 22.5 Å². The van der Waals surface area contributed by atoms with E-state index in [0.29, 0.717) is 23.0 Å². The van der Waals surface area contributed by atoms with Crippen LogP contribution < -0.4 is 0 Å². The van der Waals surface area contributed by atoms with Crippen LogP contribution in [0.15, 0.2) is 73.6 Å². The number of carboxylic acid groups (broad SMARTS) is 2. The van der Waals surface area contributed by atoms with E-state index in [0.717, 1.165) is 22.5 Å². The highest BCUT2D eigenvalue weighted by Crippen LogP contribution is 2.43. The fourth-order valence-corrected chi connectivity index (χ4v) is 7.75. The summed E-state index contributed by atoms with van der Waals surface area (Å²) in [5.41, 5.74) is 7.81. The number of hydrogen-bond donors (Lipinski definition) is 2. The zero-order valence-corrected chi connectivity index (χ0v) is 27.7. The Morgan fingerprint density at radius 1 is 0.646 bits per heavy atom. The molecule has 12 heteroatoms. The normalized spacial score (nSPS) is 25.5. The van der Waals surface area contributed by atoms with E-state index < -0.39 is 11.9 Å². The number of hydrogen-bond acceptors (Lipinski definition) is 8. The Kier molecular flexibility index (Phi) is 9.83. The molecule has 8 rings (SSSR count). The summed E-state index contributed by atoms with van der Waals surface area (Å²) < 4.78 is 3.64. The first-order valence-electron chi connectivity index (χ1n) is 16.6. The number of aryl methyl sites for hydroxylation is 2. The van der Waals surface area contributed by atoms with Crippen LogP contribution in [-0.2, 0) is 34.5 Å². The highest BCUT2D eigenvalue weighted by Gasteiger charge is 2.43. The molecule has 4 unspecified atom stereocenters. The summed E-state index contributed by atoms with van der Waals surface area (Å²) in [6.07, 6.45) is 20.9. The smallest absolute Gasteiger partial charge is 0.328 e. The fourth-order valence-electron chi connectivity index (χ4n) is 7.75. The van der Waals surface area contributed by atoms with Crippen LogP contribution in [0.3, 0.4) is 0 Å². The number of piperidine rings is 2. The van der Waals surface area contributed by atoms with Crippen LogP contribution >= 0.6 is 0 Å². The first kappa shape index (κ1) is 33.2. The number of fused-ring (bicyclic) bond motifs is 4.